The van der Waals surface area contributed by atoms with Gasteiger partial charge in [-0.25, -0.2) is 10.4 Å². The molecule has 0 aliphatic carbocycles. The third kappa shape index (κ3) is 4.27. The van der Waals surface area contributed by atoms with Crippen LogP contribution in [-0.2, 0) is 11.3 Å². The van der Waals surface area contributed by atoms with Crippen LogP contribution in [0.2, 0.25) is 0 Å². The molecular formula is C20H19N5O3. The van der Waals surface area contributed by atoms with Gasteiger partial charge >= 0.3 is 0 Å². The molecule has 2 aromatic carbocycles. The first kappa shape index (κ1) is 18.9. The molecular weight excluding hydrogens is 358 g/mol. The van der Waals surface area contributed by atoms with Crippen LogP contribution in [0.4, 0.5) is 0 Å². The molecule has 8 nitrogen and oxygen atoms in total. The lowest BCUT2D eigenvalue weighted by Crippen LogP contribution is -2.23. The predicted octanol–water partition coefficient (Wildman–Crippen LogP) is 2.41. The third-order valence-corrected chi connectivity index (χ3v) is 4.03. The number of rotatable bonds is 7. The molecule has 142 valence electrons. The summed E-state index contributed by atoms with van der Waals surface area (Å²) in [4.78, 5) is 16.7. The first-order chi connectivity index (χ1) is 13.6. The van der Waals surface area contributed by atoms with Crippen LogP contribution >= 0.6 is 0 Å². The Morgan fingerprint density at radius 3 is 2.93 bits per heavy atom. The number of benzene rings is 2. The second-order valence-electron chi connectivity index (χ2n) is 5.88. The first-order valence-electron chi connectivity index (χ1n) is 8.54. The molecule has 1 N–H and O–H groups in total. The average molecular weight is 377 g/mol. The van der Waals surface area contributed by atoms with E-state index in [1.807, 2.05) is 41.8 Å². The zero-order valence-electron chi connectivity index (χ0n) is 15.5. The summed E-state index contributed by atoms with van der Waals surface area (Å²) in [6, 6.07) is 14.7. The Hall–Kier alpha value is -3.86. The molecule has 0 bridgehead atoms. The van der Waals surface area contributed by atoms with E-state index in [1.54, 1.807) is 18.2 Å². The van der Waals surface area contributed by atoms with E-state index in [1.165, 1.54) is 13.3 Å². The standard InChI is InChI=1S/C20H19N5O3/c1-14-23-16-5-3-4-6-17(16)25(14)13-20(26)24-22-12-15-7-8-18(28-10-9-21)19(11-15)27-2/h3-8,11-12H,10,13H2,1-2H3,(H,24,26)/b22-12+. The molecule has 1 heterocycles. The summed E-state index contributed by atoms with van der Waals surface area (Å²) in [6.07, 6.45) is 1.51. The molecule has 0 aliphatic rings. The van der Waals surface area contributed by atoms with Crippen molar-refractivity contribution in [2.45, 2.75) is 13.5 Å². The van der Waals surface area contributed by atoms with Crippen LogP contribution in [-0.4, -0.2) is 35.4 Å². The van der Waals surface area contributed by atoms with Crippen LogP contribution in [0.3, 0.4) is 0 Å². The van der Waals surface area contributed by atoms with Crippen molar-refractivity contribution in [1.82, 2.24) is 15.0 Å². The van der Waals surface area contributed by atoms with Crippen LogP contribution in [0.15, 0.2) is 47.6 Å². The van der Waals surface area contributed by atoms with Gasteiger partial charge in [0.1, 0.15) is 18.4 Å². The van der Waals surface area contributed by atoms with Crippen molar-refractivity contribution < 1.29 is 14.3 Å². The van der Waals surface area contributed by atoms with Gasteiger partial charge in [0.15, 0.2) is 18.1 Å². The molecule has 0 fully saturated rings. The SMILES string of the molecule is COc1cc(/C=N/NC(=O)Cn2c(C)nc3ccccc32)ccc1OCC#N. The van der Waals surface area contributed by atoms with E-state index in [2.05, 4.69) is 15.5 Å². The second-order valence-corrected chi connectivity index (χ2v) is 5.88. The minimum absolute atomic E-state index is 0.0673. The molecule has 28 heavy (non-hydrogen) atoms. The Balaban J connectivity index is 1.65. The molecule has 0 spiro atoms. The van der Waals surface area contributed by atoms with E-state index in [0.717, 1.165) is 16.9 Å². The fourth-order valence-electron chi connectivity index (χ4n) is 2.75. The van der Waals surface area contributed by atoms with E-state index in [0.29, 0.717) is 17.1 Å². The molecule has 3 aromatic rings. The predicted molar refractivity (Wildman–Crippen MR) is 104 cm³/mol. The highest BCUT2D eigenvalue weighted by Crippen LogP contribution is 2.27. The number of hydrazone groups is 1. The molecule has 0 atom stereocenters. The van der Waals surface area contributed by atoms with Crippen LogP contribution in [0.5, 0.6) is 11.5 Å². The molecule has 1 aromatic heterocycles. The van der Waals surface area contributed by atoms with Crippen molar-refractivity contribution in [3.8, 4) is 17.6 Å². The lowest BCUT2D eigenvalue weighted by Gasteiger charge is -2.08. The van der Waals surface area contributed by atoms with Gasteiger partial charge in [-0.3, -0.25) is 4.79 Å². The normalized spacial score (nSPS) is 10.8. The van der Waals surface area contributed by atoms with E-state index in [4.69, 9.17) is 14.7 Å². The largest absolute Gasteiger partial charge is 0.493 e. The minimum Gasteiger partial charge on any atom is -0.493 e. The van der Waals surface area contributed by atoms with Gasteiger partial charge in [0.2, 0.25) is 0 Å². The van der Waals surface area contributed by atoms with Crippen molar-refractivity contribution in [2.75, 3.05) is 13.7 Å². The molecule has 3 rings (SSSR count). The minimum atomic E-state index is -0.261. The number of aryl methyl sites for hydroxylation is 1. The van der Waals surface area contributed by atoms with Gasteiger partial charge in [0.25, 0.3) is 5.91 Å². The third-order valence-electron chi connectivity index (χ3n) is 4.03. The highest BCUT2D eigenvalue weighted by Gasteiger charge is 2.10. The van der Waals surface area contributed by atoms with Crippen LogP contribution in [0, 0.1) is 18.3 Å². The number of nitrogens with one attached hydrogen (secondary N) is 1. The molecule has 0 saturated heterocycles. The number of carbonyl (C=O) groups is 1. The van der Waals surface area contributed by atoms with E-state index in [9.17, 15) is 4.79 Å². The molecule has 1 amide bonds. The number of amides is 1. The number of hydrogen-bond donors (Lipinski definition) is 1. The monoisotopic (exact) mass is 377 g/mol. The maximum absolute atomic E-state index is 12.2. The average Bonchev–Trinajstić information content (AvgIpc) is 3.02. The topological polar surface area (TPSA) is 102 Å². The number of methoxy groups -OCH3 is 1. The second kappa shape index (κ2) is 8.68. The molecule has 8 heteroatoms. The molecule has 0 saturated carbocycles. The number of para-hydroxylation sites is 2. The lowest BCUT2D eigenvalue weighted by atomic mass is 10.2. The van der Waals surface area contributed by atoms with Crippen LogP contribution < -0.4 is 14.9 Å². The number of nitrogens with zero attached hydrogens (tertiary/aromatic N) is 4. The number of hydrogen-bond acceptors (Lipinski definition) is 6. The van der Waals surface area contributed by atoms with Crippen LogP contribution in [0.1, 0.15) is 11.4 Å². The first-order valence-corrected chi connectivity index (χ1v) is 8.54. The Kier molecular flexibility index (Phi) is 5.87. The van der Waals surface area contributed by atoms with E-state index < -0.39 is 0 Å². The van der Waals surface area contributed by atoms with Crippen molar-refractivity contribution in [3.63, 3.8) is 0 Å². The Labute approximate surface area is 162 Å². The number of ether oxygens (including phenoxy) is 2. The number of aromatic nitrogens is 2. The number of carbonyl (C=O) groups excluding carboxylic acids is 1. The summed E-state index contributed by atoms with van der Waals surface area (Å²) in [5, 5.41) is 12.6. The maximum Gasteiger partial charge on any atom is 0.260 e. The Morgan fingerprint density at radius 2 is 2.14 bits per heavy atom. The summed E-state index contributed by atoms with van der Waals surface area (Å²) in [6.45, 7) is 1.91. The number of fused-ring (bicyclic) bond motifs is 1. The van der Waals surface area contributed by atoms with Gasteiger partial charge < -0.3 is 14.0 Å². The Bertz CT molecular complexity index is 1070. The zero-order chi connectivity index (χ0) is 19.9. The van der Waals surface area contributed by atoms with E-state index >= 15 is 0 Å². The number of imidazole rings is 1. The summed E-state index contributed by atoms with van der Waals surface area (Å²) >= 11 is 0. The van der Waals surface area contributed by atoms with Gasteiger partial charge in [0.05, 0.1) is 24.4 Å². The molecule has 0 radical (unpaired) electrons. The fraction of sp³-hybridized carbons (Fsp3) is 0.200. The lowest BCUT2D eigenvalue weighted by molar-refractivity contribution is -0.121. The van der Waals surface area contributed by atoms with Gasteiger partial charge in [-0.1, -0.05) is 12.1 Å². The van der Waals surface area contributed by atoms with Crippen LogP contribution in [0.25, 0.3) is 11.0 Å². The quantitative estimate of drug-likeness (QED) is 0.503. The van der Waals surface area contributed by atoms with Crippen molar-refractivity contribution in [1.29, 1.82) is 5.26 Å². The van der Waals surface area contributed by atoms with Gasteiger partial charge in [-0.15, -0.1) is 0 Å². The zero-order valence-corrected chi connectivity index (χ0v) is 15.5. The highest BCUT2D eigenvalue weighted by molar-refractivity contribution is 5.84. The Morgan fingerprint density at radius 1 is 1.32 bits per heavy atom. The fourth-order valence-corrected chi connectivity index (χ4v) is 2.75. The summed E-state index contributed by atoms with van der Waals surface area (Å²) < 4.78 is 12.3. The van der Waals surface area contributed by atoms with Crippen molar-refractivity contribution in [2.24, 2.45) is 5.10 Å². The highest BCUT2D eigenvalue weighted by atomic mass is 16.5. The van der Waals surface area contributed by atoms with Crippen molar-refractivity contribution in [3.05, 3.63) is 53.9 Å². The van der Waals surface area contributed by atoms with Crippen molar-refractivity contribution >= 4 is 23.2 Å². The summed E-state index contributed by atoms with van der Waals surface area (Å²) in [7, 11) is 1.51. The van der Waals surface area contributed by atoms with Gasteiger partial charge in [-0.2, -0.15) is 10.4 Å². The number of nitriles is 1. The smallest absolute Gasteiger partial charge is 0.260 e. The summed E-state index contributed by atoms with van der Waals surface area (Å²) in [5.74, 6) is 1.44. The maximum atomic E-state index is 12.2. The molecule has 0 unspecified atom stereocenters. The molecule has 0 aliphatic heterocycles. The van der Waals surface area contributed by atoms with Gasteiger partial charge in [0, 0.05) is 0 Å². The summed E-state index contributed by atoms with van der Waals surface area (Å²) in [5.41, 5.74) is 4.98. The van der Waals surface area contributed by atoms with E-state index in [-0.39, 0.29) is 19.1 Å². The van der Waals surface area contributed by atoms with Gasteiger partial charge in [-0.05, 0) is 42.8 Å².